The van der Waals surface area contributed by atoms with Gasteiger partial charge in [0.25, 0.3) is 0 Å². The molecule has 3 rings (SSSR count). The Morgan fingerprint density at radius 2 is 1.70 bits per heavy atom. The highest BCUT2D eigenvalue weighted by Crippen LogP contribution is 2.40. The van der Waals surface area contributed by atoms with E-state index in [1.54, 1.807) is 6.92 Å². The lowest BCUT2D eigenvalue weighted by atomic mass is 9.82. The van der Waals surface area contributed by atoms with Crippen LogP contribution < -0.4 is 0 Å². The summed E-state index contributed by atoms with van der Waals surface area (Å²) >= 11 is 0. The summed E-state index contributed by atoms with van der Waals surface area (Å²) in [5.41, 5.74) is -0.0412. The maximum atomic E-state index is 12.6. The Kier molecular flexibility index (Phi) is 3.54. The van der Waals surface area contributed by atoms with Crippen molar-refractivity contribution < 1.29 is 29.6 Å². The van der Waals surface area contributed by atoms with Crippen LogP contribution in [0.4, 0.5) is 0 Å². The summed E-state index contributed by atoms with van der Waals surface area (Å²) in [4.78, 5) is 25.1. The first-order valence-electron chi connectivity index (χ1n) is 7.03. The summed E-state index contributed by atoms with van der Waals surface area (Å²) in [5, 5.41) is 29.9. The number of carbonyl (C=O) groups is 2. The summed E-state index contributed by atoms with van der Waals surface area (Å²) in [5.74, 6) is -2.00. The Bertz CT molecular complexity index is 837. The molecule has 0 heterocycles. The van der Waals surface area contributed by atoms with Gasteiger partial charge in [-0.15, -0.1) is 0 Å². The average Bonchev–Trinajstić information content (AvgIpc) is 2.52. The summed E-state index contributed by atoms with van der Waals surface area (Å²) in [6, 6.07) is 4.98. The first kappa shape index (κ1) is 15.1. The average molecular weight is 314 g/mol. The van der Waals surface area contributed by atoms with Crippen LogP contribution in [0, 0.1) is 0 Å². The molecule has 1 aliphatic carbocycles. The van der Waals surface area contributed by atoms with Crippen molar-refractivity contribution in [3.05, 3.63) is 52.1 Å². The molecule has 0 atom stereocenters. The quantitative estimate of drug-likeness (QED) is 0.684. The maximum absolute atomic E-state index is 12.6. The molecule has 118 valence electrons. The lowest BCUT2D eigenvalue weighted by Crippen LogP contribution is -2.21. The Morgan fingerprint density at radius 1 is 0.957 bits per heavy atom. The largest absolute Gasteiger partial charge is 0.508 e. The fourth-order valence-corrected chi connectivity index (χ4v) is 2.65. The van der Waals surface area contributed by atoms with Gasteiger partial charge >= 0.3 is 0 Å². The molecule has 0 fully saturated rings. The molecule has 0 radical (unpaired) electrons. The number of hydrogen-bond donors (Lipinski definition) is 3. The summed E-state index contributed by atoms with van der Waals surface area (Å²) in [6.45, 7) is 2.04. The Labute approximate surface area is 131 Å². The van der Waals surface area contributed by atoms with E-state index in [2.05, 4.69) is 0 Å². The van der Waals surface area contributed by atoms with E-state index in [0.717, 1.165) is 6.07 Å². The molecule has 2 aromatic carbocycles. The second kappa shape index (κ2) is 5.40. The van der Waals surface area contributed by atoms with Crippen molar-refractivity contribution in [1.29, 1.82) is 0 Å². The number of fused-ring (bicyclic) bond motifs is 2. The van der Waals surface area contributed by atoms with Gasteiger partial charge in [0.15, 0.2) is 11.6 Å². The number of benzene rings is 2. The number of carbonyl (C=O) groups excluding carboxylic acids is 2. The normalized spacial score (nSPS) is 12.9. The molecule has 0 bridgehead atoms. The monoisotopic (exact) mass is 314 g/mol. The summed E-state index contributed by atoms with van der Waals surface area (Å²) in [7, 11) is 0. The molecular formula is C17H14O6. The van der Waals surface area contributed by atoms with Gasteiger partial charge in [-0.05, 0) is 31.2 Å². The minimum atomic E-state index is -0.543. The van der Waals surface area contributed by atoms with Crippen molar-refractivity contribution in [3.8, 4) is 17.2 Å². The topological polar surface area (TPSA) is 104 Å². The molecule has 0 aliphatic heterocycles. The third kappa shape index (κ3) is 2.24. The van der Waals surface area contributed by atoms with Crippen molar-refractivity contribution in [2.75, 3.05) is 6.61 Å². The van der Waals surface area contributed by atoms with E-state index in [4.69, 9.17) is 4.74 Å². The highest BCUT2D eigenvalue weighted by atomic mass is 16.5. The smallest absolute Gasteiger partial charge is 0.198 e. The second-order valence-electron chi connectivity index (χ2n) is 5.17. The number of rotatable bonds is 3. The predicted octanol–water partition coefficient (Wildman–Crippen LogP) is 2.12. The fraction of sp³-hybridized carbons (Fsp3) is 0.176. The second-order valence-corrected chi connectivity index (χ2v) is 5.17. The van der Waals surface area contributed by atoms with Crippen molar-refractivity contribution in [1.82, 2.24) is 0 Å². The van der Waals surface area contributed by atoms with Crippen LogP contribution in [0.5, 0.6) is 17.2 Å². The standard InChI is InChI=1S/C17H14O6/c1-2-23-7-12-13(19)6-11-14(17(12)22)16(21)9-4-3-8(18)5-10(9)15(11)20/h3-6,18-19,22H,2,7H2,1H3. The maximum Gasteiger partial charge on any atom is 0.198 e. The van der Waals surface area contributed by atoms with Gasteiger partial charge in [0.1, 0.15) is 17.2 Å². The van der Waals surface area contributed by atoms with Crippen LogP contribution >= 0.6 is 0 Å². The predicted molar refractivity (Wildman–Crippen MR) is 80.1 cm³/mol. The minimum Gasteiger partial charge on any atom is -0.508 e. The number of phenolic OH excluding ortho intramolecular Hbond substituents is 3. The van der Waals surface area contributed by atoms with Crippen LogP contribution in [0.3, 0.4) is 0 Å². The molecule has 6 nitrogen and oxygen atoms in total. The van der Waals surface area contributed by atoms with E-state index in [0.29, 0.717) is 6.61 Å². The number of ketones is 2. The van der Waals surface area contributed by atoms with Gasteiger partial charge < -0.3 is 20.1 Å². The lowest BCUT2D eigenvalue weighted by molar-refractivity contribution is 0.0974. The van der Waals surface area contributed by atoms with Gasteiger partial charge in [-0.2, -0.15) is 0 Å². The molecule has 0 aromatic heterocycles. The minimum absolute atomic E-state index is 0.0406. The van der Waals surface area contributed by atoms with E-state index in [1.807, 2.05) is 0 Å². The van der Waals surface area contributed by atoms with Crippen molar-refractivity contribution >= 4 is 11.6 Å². The molecule has 0 spiro atoms. The molecule has 0 unspecified atom stereocenters. The van der Waals surface area contributed by atoms with Gasteiger partial charge in [-0.1, -0.05) is 0 Å². The lowest BCUT2D eigenvalue weighted by Gasteiger charge is -2.20. The fourth-order valence-electron chi connectivity index (χ4n) is 2.65. The number of phenols is 3. The van der Waals surface area contributed by atoms with Crippen LogP contribution in [-0.4, -0.2) is 33.5 Å². The molecule has 6 heteroatoms. The number of ether oxygens (including phenoxy) is 1. The zero-order valence-corrected chi connectivity index (χ0v) is 12.3. The zero-order valence-electron chi connectivity index (χ0n) is 12.3. The van der Waals surface area contributed by atoms with E-state index in [1.165, 1.54) is 18.2 Å². The summed E-state index contributed by atoms with van der Waals surface area (Å²) < 4.78 is 5.17. The van der Waals surface area contributed by atoms with E-state index in [-0.39, 0.29) is 45.9 Å². The third-order valence-electron chi connectivity index (χ3n) is 3.80. The van der Waals surface area contributed by atoms with E-state index in [9.17, 15) is 24.9 Å². The Hall–Kier alpha value is -2.86. The molecule has 23 heavy (non-hydrogen) atoms. The molecule has 0 saturated heterocycles. The number of aromatic hydroxyl groups is 3. The highest BCUT2D eigenvalue weighted by Gasteiger charge is 2.34. The van der Waals surface area contributed by atoms with Gasteiger partial charge in [0.2, 0.25) is 0 Å². The van der Waals surface area contributed by atoms with E-state index < -0.39 is 17.3 Å². The van der Waals surface area contributed by atoms with E-state index >= 15 is 0 Å². The van der Waals surface area contributed by atoms with Gasteiger partial charge in [-0.25, -0.2) is 0 Å². The van der Waals surface area contributed by atoms with Crippen molar-refractivity contribution in [2.45, 2.75) is 13.5 Å². The van der Waals surface area contributed by atoms with Gasteiger partial charge in [-0.3, -0.25) is 9.59 Å². The SMILES string of the molecule is CCOCc1c(O)cc2c(c1O)C(=O)c1ccc(O)cc1C2=O. The van der Waals surface area contributed by atoms with Crippen LogP contribution in [-0.2, 0) is 11.3 Å². The van der Waals surface area contributed by atoms with Crippen LogP contribution in [0.15, 0.2) is 24.3 Å². The number of hydrogen-bond acceptors (Lipinski definition) is 6. The Balaban J connectivity index is 2.23. The van der Waals surface area contributed by atoms with Gasteiger partial charge in [0.05, 0.1) is 17.7 Å². The van der Waals surface area contributed by atoms with Crippen molar-refractivity contribution in [3.63, 3.8) is 0 Å². The molecule has 2 aromatic rings. The third-order valence-corrected chi connectivity index (χ3v) is 3.80. The molecule has 3 N–H and O–H groups in total. The van der Waals surface area contributed by atoms with Crippen LogP contribution in [0.2, 0.25) is 0 Å². The molecular weight excluding hydrogens is 300 g/mol. The molecule has 0 amide bonds. The highest BCUT2D eigenvalue weighted by molar-refractivity contribution is 6.29. The van der Waals surface area contributed by atoms with Crippen LogP contribution in [0.25, 0.3) is 0 Å². The van der Waals surface area contributed by atoms with Crippen LogP contribution in [0.1, 0.15) is 44.3 Å². The zero-order chi connectivity index (χ0) is 16.7. The Morgan fingerprint density at radius 3 is 2.39 bits per heavy atom. The van der Waals surface area contributed by atoms with Gasteiger partial charge in [0, 0.05) is 23.3 Å². The summed E-state index contributed by atoms with van der Waals surface area (Å²) in [6.07, 6.45) is 0. The molecule has 0 saturated carbocycles. The van der Waals surface area contributed by atoms with Crippen molar-refractivity contribution in [2.24, 2.45) is 0 Å². The molecule has 1 aliphatic rings. The first-order chi connectivity index (χ1) is 11.0. The first-order valence-corrected chi connectivity index (χ1v) is 7.03.